The lowest BCUT2D eigenvalue weighted by atomic mass is 10.4. The molecule has 1 rings (SSSR count). The summed E-state index contributed by atoms with van der Waals surface area (Å²) in [5.74, 6) is 0.873. The summed E-state index contributed by atoms with van der Waals surface area (Å²) >= 11 is 4.64. The molecular formula is C6H10ClNO. The van der Waals surface area contributed by atoms with Gasteiger partial charge < -0.3 is 4.52 Å². The second kappa shape index (κ2) is 4.39. The summed E-state index contributed by atoms with van der Waals surface area (Å²) in [6.07, 6.45) is 1.47. The summed E-state index contributed by atoms with van der Waals surface area (Å²) < 4.78 is 4.71. The average Bonchev–Trinajstić information content (AvgIpc) is 2.20. The van der Waals surface area contributed by atoms with Gasteiger partial charge in [-0.15, -0.1) is 11.6 Å². The predicted molar refractivity (Wildman–Crippen MR) is 37.8 cm³/mol. The zero-order chi connectivity index (χ0) is 7.28. The minimum atomic E-state index is 0.873. The highest BCUT2D eigenvalue weighted by Gasteiger charge is 1.88. The van der Waals surface area contributed by atoms with E-state index in [1.165, 1.54) is 6.38 Å². The van der Waals surface area contributed by atoms with Gasteiger partial charge in [0, 0.05) is 12.4 Å². The molecule has 1 heterocycles. The van der Waals surface area contributed by atoms with E-state index >= 15 is 0 Å². The minimum Gasteiger partial charge on any atom is -0.361 e. The fourth-order valence-electron chi connectivity index (χ4n) is 0.491. The van der Waals surface area contributed by atoms with Crippen molar-refractivity contribution in [3.05, 3.63) is 17.5 Å². The van der Waals surface area contributed by atoms with Crippen molar-refractivity contribution in [3.8, 4) is 0 Å². The van der Waals surface area contributed by atoms with Gasteiger partial charge in [-0.3, -0.25) is 0 Å². The normalized spacial score (nSPS) is 8.00. The quantitative estimate of drug-likeness (QED) is 0.526. The van der Waals surface area contributed by atoms with E-state index in [-0.39, 0.29) is 0 Å². The molecule has 2 nitrogen and oxygen atoms in total. The molecule has 0 spiro atoms. The van der Waals surface area contributed by atoms with Crippen LogP contribution in [0.15, 0.2) is 10.6 Å². The van der Waals surface area contributed by atoms with Crippen LogP contribution in [0, 0.1) is 13.8 Å². The summed E-state index contributed by atoms with van der Waals surface area (Å²) in [6.45, 7) is 3.77. The first-order valence-corrected chi connectivity index (χ1v) is 3.32. The molecule has 9 heavy (non-hydrogen) atoms. The second-order valence-corrected chi connectivity index (χ2v) is 1.58. The van der Waals surface area contributed by atoms with Crippen molar-refractivity contribution in [1.29, 1.82) is 0 Å². The fraction of sp³-hybridized carbons (Fsp3) is 0.500. The molecule has 52 valence electrons. The van der Waals surface area contributed by atoms with Gasteiger partial charge in [-0.05, 0) is 13.8 Å². The van der Waals surface area contributed by atoms with Crippen LogP contribution in [0.4, 0.5) is 0 Å². The third kappa shape index (κ3) is 3.14. The first-order valence-electron chi connectivity index (χ1n) is 2.57. The maximum Gasteiger partial charge on any atom is 0.133 e. The number of hydrogen-bond acceptors (Lipinski definition) is 2. The third-order valence-corrected chi connectivity index (χ3v) is 0.746. The van der Waals surface area contributed by atoms with E-state index in [9.17, 15) is 0 Å². The van der Waals surface area contributed by atoms with Crippen molar-refractivity contribution in [2.24, 2.45) is 0 Å². The van der Waals surface area contributed by atoms with Gasteiger partial charge in [-0.2, -0.15) is 0 Å². The smallest absolute Gasteiger partial charge is 0.133 e. The van der Waals surface area contributed by atoms with Gasteiger partial charge in [0.05, 0.1) is 5.69 Å². The molecule has 0 aliphatic carbocycles. The lowest BCUT2D eigenvalue weighted by molar-refractivity contribution is 0.393. The van der Waals surface area contributed by atoms with E-state index in [1.807, 2.05) is 19.9 Å². The Hall–Kier alpha value is -0.500. The van der Waals surface area contributed by atoms with Crippen LogP contribution in [-0.4, -0.2) is 11.5 Å². The molecule has 3 heteroatoms. The number of rotatable bonds is 0. The van der Waals surface area contributed by atoms with Crippen molar-refractivity contribution in [2.75, 3.05) is 6.38 Å². The highest BCUT2D eigenvalue weighted by molar-refractivity contribution is 6.15. The monoisotopic (exact) mass is 147 g/mol. The zero-order valence-corrected chi connectivity index (χ0v) is 6.57. The van der Waals surface area contributed by atoms with Crippen molar-refractivity contribution in [1.82, 2.24) is 5.16 Å². The van der Waals surface area contributed by atoms with Crippen LogP contribution in [-0.2, 0) is 0 Å². The highest BCUT2D eigenvalue weighted by atomic mass is 35.5. The molecule has 0 aliphatic heterocycles. The summed E-state index contributed by atoms with van der Waals surface area (Å²) in [7, 11) is 0. The minimum absolute atomic E-state index is 0.873. The summed E-state index contributed by atoms with van der Waals surface area (Å²) in [5, 5.41) is 3.64. The highest BCUT2D eigenvalue weighted by Crippen LogP contribution is 1.96. The van der Waals surface area contributed by atoms with Gasteiger partial charge in [0.1, 0.15) is 5.76 Å². The maximum atomic E-state index is 4.71. The van der Waals surface area contributed by atoms with E-state index in [1.54, 1.807) is 0 Å². The Morgan fingerprint density at radius 3 is 2.11 bits per heavy atom. The summed E-state index contributed by atoms with van der Waals surface area (Å²) in [4.78, 5) is 0. The average molecular weight is 148 g/mol. The number of aryl methyl sites for hydroxylation is 2. The van der Waals surface area contributed by atoms with Crippen LogP contribution in [0.5, 0.6) is 0 Å². The molecular weight excluding hydrogens is 138 g/mol. The lowest BCUT2D eigenvalue weighted by Gasteiger charge is -1.65. The SMILES string of the molecule is CCl.Cc1cc(C)on1. The van der Waals surface area contributed by atoms with Crippen LogP contribution < -0.4 is 0 Å². The molecule has 0 amide bonds. The molecule has 0 N–H and O–H groups in total. The van der Waals surface area contributed by atoms with E-state index in [0.717, 1.165) is 11.5 Å². The number of alkyl halides is 1. The molecule has 0 unspecified atom stereocenters. The maximum absolute atomic E-state index is 4.71. The van der Waals surface area contributed by atoms with Gasteiger partial charge in [-0.25, -0.2) is 0 Å². The first kappa shape index (κ1) is 8.50. The third-order valence-electron chi connectivity index (χ3n) is 0.746. The Labute approximate surface area is 59.8 Å². The molecule has 0 bridgehead atoms. The lowest BCUT2D eigenvalue weighted by Crippen LogP contribution is -1.59. The molecule has 0 aliphatic rings. The van der Waals surface area contributed by atoms with E-state index in [4.69, 9.17) is 4.52 Å². The van der Waals surface area contributed by atoms with Gasteiger partial charge in [0.25, 0.3) is 0 Å². The van der Waals surface area contributed by atoms with Crippen LogP contribution >= 0.6 is 11.6 Å². The standard InChI is InChI=1S/C5H7NO.CH3Cl/c1-4-3-5(2)7-6-4;1-2/h3H,1-2H3;1H3. The number of aromatic nitrogens is 1. The summed E-state index contributed by atoms with van der Waals surface area (Å²) in [6, 6.07) is 1.89. The molecule has 0 saturated heterocycles. The van der Waals surface area contributed by atoms with Crippen LogP contribution in [0.3, 0.4) is 0 Å². The Kier molecular flexibility index (Phi) is 4.14. The van der Waals surface area contributed by atoms with Crippen molar-refractivity contribution in [2.45, 2.75) is 13.8 Å². The van der Waals surface area contributed by atoms with E-state index in [2.05, 4.69) is 16.8 Å². The van der Waals surface area contributed by atoms with Crippen molar-refractivity contribution >= 4 is 11.6 Å². The summed E-state index contributed by atoms with van der Waals surface area (Å²) in [5.41, 5.74) is 0.942. The van der Waals surface area contributed by atoms with E-state index < -0.39 is 0 Å². The van der Waals surface area contributed by atoms with Crippen molar-refractivity contribution < 1.29 is 4.52 Å². The Morgan fingerprint density at radius 1 is 1.44 bits per heavy atom. The number of nitrogens with zero attached hydrogens (tertiary/aromatic N) is 1. The molecule has 0 atom stereocenters. The van der Waals surface area contributed by atoms with E-state index in [0.29, 0.717) is 0 Å². The van der Waals surface area contributed by atoms with Crippen LogP contribution in [0.1, 0.15) is 11.5 Å². The number of halogens is 1. The van der Waals surface area contributed by atoms with Gasteiger partial charge in [0.2, 0.25) is 0 Å². The largest absolute Gasteiger partial charge is 0.361 e. The van der Waals surface area contributed by atoms with Crippen LogP contribution in [0.25, 0.3) is 0 Å². The molecule has 0 aromatic carbocycles. The van der Waals surface area contributed by atoms with Crippen LogP contribution in [0.2, 0.25) is 0 Å². The zero-order valence-electron chi connectivity index (χ0n) is 5.81. The first-order chi connectivity index (χ1) is 4.29. The molecule has 0 radical (unpaired) electrons. The molecule has 1 aromatic rings. The molecule has 1 aromatic heterocycles. The Morgan fingerprint density at radius 2 is 2.00 bits per heavy atom. The Bertz CT molecular complexity index is 145. The van der Waals surface area contributed by atoms with Gasteiger partial charge in [-0.1, -0.05) is 5.16 Å². The van der Waals surface area contributed by atoms with Gasteiger partial charge >= 0.3 is 0 Å². The fourth-order valence-corrected chi connectivity index (χ4v) is 0.491. The second-order valence-electron chi connectivity index (χ2n) is 1.58. The molecule has 0 saturated carbocycles. The predicted octanol–water partition coefficient (Wildman–Crippen LogP) is 2.15. The topological polar surface area (TPSA) is 26.0 Å². The number of hydrogen-bond donors (Lipinski definition) is 0. The molecule has 0 fully saturated rings. The van der Waals surface area contributed by atoms with Crippen molar-refractivity contribution in [3.63, 3.8) is 0 Å². The van der Waals surface area contributed by atoms with Gasteiger partial charge in [0.15, 0.2) is 0 Å². The Balaban J connectivity index is 0.000000291.